The summed E-state index contributed by atoms with van der Waals surface area (Å²) in [6.07, 6.45) is 4.97. The Labute approximate surface area is 126 Å². The van der Waals surface area contributed by atoms with Gasteiger partial charge >= 0.3 is 5.97 Å². The van der Waals surface area contributed by atoms with Crippen LogP contribution in [0.5, 0.6) is 0 Å². The first-order valence-electron chi connectivity index (χ1n) is 6.88. The highest BCUT2D eigenvalue weighted by Gasteiger charge is 2.31. The van der Waals surface area contributed by atoms with Gasteiger partial charge in [0.1, 0.15) is 6.04 Å². The van der Waals surface area contributed by atoms with E-state index in [1.165, 1.54) is 0 Å². The third kappa shape index (κ3) is 3.60. The molecule has 0 radical (unpaired) electrons. The van der Waals surface area contributed by atoms with Gasteiger partial charge in [0.15, 0.2) is 0 Å². The first-order chi connectivity index (χ1) is 9.59. The Balaban J connectivity index is 2.10. The second-order valence-electron chi connectivity index (χ2n) is 5.17. The van der Waals surface area contributed by atoms with Crippen LogP contribution in [0.3, 0.4) is 0 Å². The largest absolute Gasteiger partial charge is 0.480 e. The Morgan fingerprint density at radius 2 is 1.85 bits per heavy atom. The van der Waals surface area contributed by atoms with Gasteiger partial charge in [0.05, 0.1) is 5.56 Å². The zero-order valence-electron chi connectivity index (χ0n) is 11.1. The van der Waals surface area contributed by atoms with E-state index in [1.807, 2.05) is 6.07 Å². The zero-order chi connectivity index (χ0) is 14.5. The van der Waals surface area contributed by atoms with E-state index in [9.17, 15) is 14.7 Å². The maximum atomic E-state index is 12.2. The number of benzene rings is 1. The lowest BCUT2D eigenvalue weighted by atomic mass is 9.84. The summed E-state index contributed by atoms with van der Waals surface area (Å²) in [4.78, 5) is 23.6. The molecule has 108 valence electrons. The molecule has 1 atom stereocenters. The fourth-order valence-electron chi connectivity index (χ4n) is 2.71. The van der Waals surface area contributed by atoms with Gasteiger partial charge in [-0.05, 0) is 46.8 Å². The highest BCUT2D eigenvalue weighted by Crippen LogP contribution is 2.27. The zero-order valence-corrected chi connectivity index (χ0v) is 12.7. The molecule has 5 heteroatoms. The molecule has 1 unspecified atom stereocenters. The van der Waals surface area contributed by atoms with Crippen LogP contribution in [0.1, 0.15) is 42.5 Å². The lowest BCUT2D eigenvalue weighted by Gasteiger charge is -2.28. The summed E-state index contributed by atoms with van der Waals surface area (Å²) >= 11 is 3.31. The normalized spacial score (nSPS) is 17.4. The summed E-state index contributed by atoms with van der Waals surface area (Å²) in [5, 5.41) is 12.0. The van der Waals surface area contributed by atoms with E-state index in [2.05, 4.69) is 21.2 Å². The summed E-state index contributed by atoms with van der Waals surface area (Å²) in [6, 6.07) is 6.23. The molecule has 1 aliphatic carbocycles. The van der Waals surface area contributed by atoms with Crippen molar-refractivity contribution in [1.82, 2.24) is 5.32 Å². The van der Waals surface area contributed by atoms with Crippen molar-refractivity contribution in [3.8, 4) is 0 Å². The maximum absolute atomic E-state index is 12.2. The fraction of sp³-hybridized carbons (Fsp3) is 0.467. The molecule has 1 aromatic carbocycles. The molecule has 20 heavy (non-hydrogen) atoms. The van der Waals surface area contributed by atoms with Crippen molar-refractivity contribution in [1.29, 1.82) is 0 Å². The topological polar surface area (TPSA) is 66.4 Å². The van der Waals surface area contributed by atoms with Crippen LogP contribution in [0.15, 0.2) is 28.7 Å². The SMILES string of the molecule is O=C(NC(C(=O)O)C1CCCCC1)c1ccccc1Br. The summed E-state index contributed by atoms with van der Waals surface area (Å²) in [5.74, 6) is -1.25. The Morgan fingerprint density at radius 1 is 1.20 bits per heavy atom. The van der Waals surface area contributed by atoms with E-state index in [0.717, 1.165) is 32.1 Å². The number of hydrogen-bond acceptors (Lipinski definition) is 2. The number of carboxylic acids is 1. The van der Waals surface area contributed by atoms with Gasteiger partial charge in [0.25, 0.3) is 5.91 Å². The molecule has 0 aromatic heterocycles. The first kappa shape index (κ1) is 15.0. The molecule has 1 aliphatic rings. The van der Waals surface area contributed by atoms with Crippen LogP contribution in [-0.4, -0.2) is 23.0 Å². The highest BCUT2D eigenvalue weighted by molar-refractivity contribution is 9.10. The standard InChI is InChI=1S/C15H18BrNO3/c16-12-9-5-4-8-11(12)14(18)17-13(15(19)20)10-6-2-1-3-7-10/h4-5,8-10,13H,1-3,6-7H2,(H,17,18)(H,19,20). The van der Waals surface area contributed by atoms with E-state index in [-0.39, 0.29) is 11.8 Å². The van der Waals surface area contributed by atoms with Crippen molar-refractivity contribution in [3.63, 3.8) is 0 Å². The third-order valence-corrected chi connectivity index (χ3v) is 4.48. The first-order valence-corrected chi connectivity index (χ1v) is 7.67. The second kappa shape index (κ2) is 6.88. The molecule has 0 bridgehead atoms. The second-order valence-corrected chi connectivity index (χ2v) is 6.02. The molecule has 2 rings (SSSR count). The molecular formula is C15H18BrNO3. The number of carbonyl (C=O) groups is 2. The van der Waals surface area contributed by atoms with Crippen LogP contribution < -0.4 is 5.32 Å². The van der Waals surface area contributed by atoms with Crippen molar-refractivity contribution in [2.75, 3.05) is 0 Å². The molecule has 1 aromatic rings. The molecule has 1 saturated carbocycles. The highest BCUT2D eigenvalue weighted by atomic mass is 79.9. The van der Waals surface area contributed by atoms with E-state index < -0.39 is 12.0 Å². The molecule has 0 heterocycles. The van der Waals surface area contributed by atoms with E-state index >= 15 is 0 Å². The van der Waals surface area contributed by atoms with Gasteiger partial charge in [-0.25, -0.2) is 4.79 Å². The Bertz CT molecular complexity index is 498. The molecule has 2 N–H and O–H groups in total. The monoisotopic (exact) mass is 339 g/mol. The van der Waals surface area contributed by atoms with Crippen LogP contribution in [0.4, 0.5) is 0 Å². The quantitative estimate of drug-likeness (QED) is 0.884. The average molecular weight is 340 g/mol. The van der Waals surface area contributed by atoms with Gasteiger partial charge in [-0.2, -0.15) is 0 Å². The summed E-state index contributed by atoms with van der Waals surface area (Å²) in [5.41, 5.74) is 0.467. The van der Waals surface area contributed by atoms with Gasteiger partial charge in [-0.1, -0.05) is 31.4 Å². The summed E-state index contributed by atoms with van der Waals surface area (Å²) in [6.45, 7) is 0. The Morgan fingerprint density at radius 3 is 2.45 bits per heavy atom. The number of carboxylic acid groups (broad SMARTS) is 1. The summed E-state index contributed by atoms with van der Waals surface area (Å²) < 4.78 is 0.672. The van der Waals surface area contributed by atoms with Crippen molar-refractivity contribution >= 4 is 27.8 Å². The van der Waals surface area contributed by atoms with Crippen LogP contribution >= 0.6 is 15.9 Å². The van der Waals surface area contributed by atoms with Gasteiger partial charge in [-0.3, -0.25) is 4.79 Å². The minimum absolute atomic E-state index is 0.0349. The Hall–Kier alpha value is -1.36. The third-order valence-electron chi connectivity index (χ3n) is 3.79. The number of amides is 1. The fourth-order valence-corrected chi connectivity index (χ4v) is 3.18. The number of hydrogen-bond donors (Lipinski definition) is 2. The summed E-state index contributed by atoms with van der Waals surface area (Å²) in [7, 11) is 0. The number of aliphatic carboxylic acids is 1. The average Bonchev–Trinajstić information content (AvgIpc) is 2.45. The van der Waals surface area contributed by atoms with Gasteiger partial charge < -0.3 is 10.4 Å². The molecule has 0 aliphatic heterocycles. The number of halogens is 1. The predicted molar refractivity (Wildman–Crippen MR) is 79.6 cm³/mol. The van der Waals surface area contributed by atoms with Crippen LogP contribution in [0, 0.1) is 5.92 Å². The number of carbonyl (C=O) groups excluding carboxylic acids is 1. The van der Waals surface area contributed by atoms with Gasteiger partial charge in [0, 0.05) is 4.47 Å². The molecule has 0 saturated heterocycles. The van der Waals surface area contributed by atoms with E-state index in [1.54, 1.807) is 18.2 Å². The number of nitrogens with one attached hydrogen (secondary N) is 1. The lowest BCUT2D eigenvalue weighted by Crippen LogP contribution is -2.46. The van der Waals surface area contributed by atoms with E-state index in [0.29, 0.717) is 10.0 Å². The van der Waals surface area contributed by atoms with Crippen molar-refractivity contribution in [3.05, 3.63) is 34.3 Å². The van der Waals surface area contributed by atoms with Crippen molar-refractivity contribution in [2.45, 2.75) is 38.1 Å². The predicted octanol–water partition coefficient (Wildman–Crippen LogP) is 3.21. The molecule has 4 nitrogen and oxygen atoms in total. The molecule has 1 fully saturated rings. The maximum Gasteiger partial charge on any atom is 0.326 e. The smallest absolute Gasteiger partial charge is 0.326 e. The molecule has 1 amide bonds. The minimum atomic E-state index is -0.947. The van der Waals surface area contributed by atoms with Crippen LogP contribution in [-0.2, 0) is 4.79 Å². The molecule has 0 spiro atoms. The lowest BCUT2D eigenvalue weighted by molar-refractivity contribution is -0.141. The Kier molecular flexibility index (Phi) is 5.17. The van der Waals surface area contributed by atoms with Gasteiger partial charge in [0.2, 0.25) is 0 Å². The van der Waals surface area contributed by atoms with Crippen LogP contribution in [0.2, 0.25) is 0 Å². The van der Waals surface area contributed by atoms with Crippen molar-refractivity contribution in [2.24, 2.45) is 5.92 Å². The number of rotatable bonds is 4. The van der Waals surface area contributed by atoms with E-state index in [4.69, 9.17) is 0 Å². The van der Waals surface area contributed by atoms with Gasteiger partial charge in [-0.15, -0.1) is 0 Å². The van der Waals surface area contributed by atoms with Crippen LogP contribution in [0.25, 0.3) is 0 Å². The molecular weight excluding hydrogens is 322 g/mol. The minimum Gasteiger partial charge on any atom is -0.480 e. The van der Waals surface area contributed by atoms with Crippen molar-refractivity contribution < 1.29 is 14.7 Å².